The van der Waals surface area contributed by atoms with E-state index in [1.807, 2.05) is 0 Å². The lowest BCUT2D eigenvalue weighted by molar-refractivity contribution is -0.157. The first kappa shape index (κ1) is 10.5. The summed E-state index contributed by atoms with van der Waals surface area (Å²) in [7, 11) is 3.15. The van der Waals surface area contributed by atoms with Gasteiger partial charge in [0.05, 0.1) is 7.11 Å². The number of nitrogens with zero attached hydrogens (tertiary/aromatic N) is 1. The summed E-state index contributed by atoms with van der Waals surface area (Å²) in [6.45, 7) is 0. The third kappa shape index (κ3) is 1.52. The van der Waals surface area contributed by atoms with E-state index in [2.05, 4.69) is 0 Å². The van der Waals surface area contributed by atoms with Crippen molar-refractivity contribution in [3.05, 3.63) is 0 Å². The van der Waals surface area contributed by atoms with E-state index in [9.17, 15) is 9.59 Å². The number of hydrogen-bond acceptors (Lipinski definition) is 3. The SMILES string of the molecule is COC(=O)C1(C(=O)N(C)C2CCC2)CC1. The molecule has 0 unspecified atom stereocenters. The molecule has 0 aromatic rings. The minimum Gasteiger partial charge on any atom is -0.468 e. The Morgan fingerprint density at radius 2 is 1.93 bits per heavy atom. The highest BCUT2D eigenvalue weighted by atomic mass is 16.5. The van der Waals surface area contributed by atoms with Crippen molar-refractivity contribution in [3.63, 3.8) is 0 Å². The standard InChI is InChI=1S/C11H17NO3/c1-12(8-4-3-5-8)9(13)11(6-7-11)10(14)15-2/h8H,3-7H2,1-2H3. The van der Waals surface area contributed by atoms with Crippen LogP contribution in [0.2, 0.25) is 0 Å². The fourth-order valence-corrected chi connectivity index (χ4v) is 2.10. The molecule has 2 saturated carbocycles. The maximum absolute atomic E-state index is 12.1. The third-order valence-electron chi connectivity index (χ3n) is 3.68. The molecule has 0 radical (unpaired) electrons. The highest BCUT2D eigenvalue weighted by Gasteiger charge is 2.59. The van der Waals surface area contributed by atoms with Crippen LogP contribution in [0.25, 0.3) is 0 Å². The molecule has 2 aliphatic carbocycles. The lowest BCUT2D eigenvalue weighted by atomic mass is 9.90. The summed E-state index contributed by atoms with van der Waals surface area (Å²) in [5.74, 6) is -0.405. The number of methoxy groups -OCH3 is 1. The van der Waals surface area contributed by atoms with Crippen molar-refractivity contribution < 1.29 is 14.3 Å². The fourth-order valence-electron chi connectivity index (χ4n) is 2.10. The Balaban J connectivity index is 2.03. The molecular formula is C11H17NO3. The van der Waals surface area contributed by atoms with Crippen molar-refractivity contribution in [2.45, 2.75) is 38.1 Å². The molecule has 1 amide bonds. The van der Waals surface area contributed by atoms with Gasteiger partial charge in [-0.05, 0) is 32.1 Å². The van der Waals surface area contributed by atoms with Gasteiger partial charge in [0.2, 0.25) is 5.91 Å². The molecule has 0 saturated heterocycles. The summed E-state index contributed by atoms with van der Waals surface area (Å²) >= 11 is 0. The van der Waals surface area contributed by atoms with E-state index in [0.29, 0.717) is 18.9 Å². The summed E-state index contributed by atoms with van der Waals surface area (Å²) in [6.07, 6.45) is 4.62. The highest BCUT2D eigenvalue weighted by molar-refractivity contribution is 6.05. The Labute approximate surface area is 89.6 Å². The Kier molecular flexibility index (Phi) is 2.44. The average Bonchev–Trinajstić information content (AvgIpc) is 2.93. The maximum Gasteiger partial charge on any atom is 0.321 e. The zero-order valence-corrected chi connectivity index (χ0v) is 9.28. The van der Waals surface area contributed by atoms with E-state index in [1.165, 1.54) is 13.5 Å². The van der Waals surface area contributed by atoms with Gasteiger partial charge in [-0.3, -0.25) is 9.59 Å². The van der Waals surface area contributed by atoms with Crippen LogP contribution >= 0.6 is 0 Å². The number of carbonyl (C=O) groups is 2. The molecule has 0 aromatic carbocycles. The summed E-state index contributed by atoms with van der Waals surface area (Å²) < 4.78 is 4.69. The van der Waals surface area contributed by atoms with Crippen molar-refractivity contribution in [2.75, 3.05) is 14.2 Å². The van der Waals surface area contributed by atoms with Gasteiger partial charge in [0, 0.05) is 13.1 Å². The Bertz CT molecular complexity index is 292. The molecule has 0 N–H and O–H groups in total. The number of ether oxygens (including phenoxy) is 1. The molecule has 0 bridgehead atoms. The van der Waals surface area contributed by atoms with Crippen LogP contribution in [0.3, 0.4) is 0 Å². The predicted octanol–water partition coefficient (Wildman–Crippen LogP) is 0.950. The van der Waals surface area contributed by atoms with E-state index < -0.39 is 5.41 Å². The van der Waals surface area contributed by atoms with Crippen LogP contribution in [0.4, 0.5) is 0 Å². The summed E-state index contributed by atoms with van der Waals surface area (Å²) in [5, 5.41) is 0. The van der Waals surface area contributed by atoms with Crippen molar-refractivity contribution in [3.8, 4) is 0 Å². The second-order valence-corrected chi connectivity index (χ2v) is 4.57. The molecule has 4 nitrogen and oxygen atoms in total. The normalized spacial score (nSPS) is 22.8. The molecule has 4 heteroatoms. The topological polar surface area (TPSA) is 46.6 Å². The molecule has 0 heterocycles. The van der Waals surface area contributed by atoms with Gasteiger partial charge in [-0.15, -0.1) is 0 Å². The van der Waals surface area contributed by atoms with Gasteiger partial charge in [-0.2, -0.15) is 0 Å². The first-order valence-corrected chi connectivity index (χ1v) is 5.47. The van der Waals surface area contributed by atoms with Gasteiger partial charge in [-0.25, -0.2) is 0 Å². The van der Waals surface area contributed by atoms with Gasteiger partial charge in [-0.1, -0.05) is 0 Å². The fraction of sp³-hybridized carbons (Fsp3) is 0.818. The number of rotatable bonds is 3. The third-order valence-corrected chi connectivity index (χ3v) is 3.68. The van der Waals surface area contributed by atoms with Gasteiger partial charge in [0.15, 0.2) is 0 Å². The number of esters is 1. The Morgan fingerprint density at radius 3 is 2.27 bits per heavy atom. The molecule has 0 atom stereocenters. The first-order chi connectivity index (χ1) is 7.12. The molecule has 15 heavy (non-hydrogen) atoms. The first-order valence-electron chi connectivity index (χ1n) is 5.47. The van der Waals surface area contributed by atoms with E-state index in [1.54, 1.807) is 11.9 Å². The van der Waals surface area contributed by atoms with E-state index in [4.69, 9.17) is 4.74 Å². The van der Waals surface area contributed by atoms with E-state index in [0.717, 1.165) is 12.8 Å². The second-order valence-electron chi connectivity index (χ2n) is 4.57. The lowest BCUT2D eigenvalue weighted by Gasteiger charge is -2.36. The summed E-state index contributed by atoms with van der Waals surface area (Å²) in [4.78, 5) is 25.3. The van der Waals surface area contributed by atoms with Gasteiger partial charge in [0.1, 0.15) is 5.41 Å². The molecule has 84 valence electrons. The molecular weight excluding hydrogens is 194 g/mol. The van der Waals surface area contributed by atoms with Gasteiger partial charge >= 0.3 is 5.97 Å². The molecule has 2 aliphatic rings. The van der Waals surface area contributed by atoms with Crippen LogP contribution in [-0.4, -0.2) is 37.0 Å². The number of amides is 1. The van der Waals surface area contributed by atoms with Crippen molar-refractivity contribution in [2.24, 2.45) is 5.41 Å². The molecule has 0 aliphatic heterocycles. The smallest absolute Gasteiger partial charge is 0.321 e. The minimum absolute atomic E-state index is 0.0425. The number of hydrogen-bond donors (Lipinski definition) is 0. The van der Waals surface area contributed by atoms with E-state index >= 15 is 0 Å². The monoisotopic (exact) mass is 211 g/mol. The zero-order valence-electron chi connectivity index (χ0n) is 9.28. The highest BCUT2D eigenvalue weighted by Crippen LogP contribution is 2.49. The Hall–Kier alpha value is -1.06. The molecule has 2 rings (SSSR count). The van der Waals surface area contributed by atoms with Crippen LogP contribution < -0.4 is 0 Å². The predicted molar refractivity (Wildman–Crippen MR) is 54.1 cm³/mol. The lowest BCUT2D eigenvalue weighted by Crippen LogP contribution is -2.47. The van der Waals surface area contributed by atoms with Crippen LogP contribution in [0.1, 0.15) is 32.1 Å². The largest absolute Gasteiger partial charge is 0.468 e. The molecule has 2 fully saturated rings. The van der Waals surface area contributed by atoms with Crippen LogP contribution in [0, 0.1) is 5.41 Å². The van der Waals surface area contributed by atoms with Crippen molar-refractivity contribution in [1.29, 1.82) is 0 Å². The van der Waals surface area contributed by atoms with Crippen molar-refractivity contribution in [1.82, 2.24) is 4.90 Å². The second kappa shape index (κ2) is 3.51. The molecule has 0 aromatic heterocycles. The average molecular weight is 211 g/mol. The van der Waals surface area contributed by atoms with E-state index in [-0.39, 0.29) is 11.9 Å². The summed E-state index contributed by atoms with van der Waals surface area (Å²) in [5.41, 5.74) is -0.820. The van der Waals surface area contributed by atoms with Crippen LogP contribution in [-0.2, 0) is 14.3 Å². The number of carbonyl (C=O) groups excluding carboxylic acids is 2. The zero-order chi connectivity index (χ0) is 11.1. The quantitative estimate of drug-likeness (QED) is 0.516. The van der Waals surface area contributed by atoms with Crippen molar-refractivity contribution >= 4 is 11.9 Å². The molecule has 0 spiro atoms. The maximum atomic E-state index is 12.1. The van der Waals surface area contributed by atoms with Crippen LogP contribution in [0.15, 0.2) is 0 Å². The van der Waals surface area contributed by atoms with Crippen LogP contribution in [0.5, 0.6) is 0 Å². The Morgan fingerprint density at radius 1 is 1.33 bits per heavy atom. The van der Waals surface area contributed by atoms with Gasteiger partial charge in [0.25, 0.3) is 0 Å². The minimum atomic E-state index is -0.820. The van der Waals surface area contributed by atoms with Gasteiger partial charge < -0.3 is 9.64 Å². The summed E-state index contributed by atoms with van der Waals surface area (Å²) in [6, 6.07) is 0.347.